The molecule has 2 N–H and O–H groups in total. The summed E-state index contributed by atoms with van der Waals surface area (Å²) in [5.74, 6) is -0.669. The summed E-state index contributed by atoms with van der Waals surface area (Å²) in [6, 6.07) is 1.72. The van der Waals surface area contributed by atoms with E-state index in [1.807, 2.05) is 13.8 Å². The van der Waals surface area contributed by atoms with Crippen molar-refractivity contribution in [2.45, 2.75) is 59.6 Å². The molecule has 2 aromatic rings. The minimum absolute atomic E-state index is 0.0794. The minimum atomic E-state index is -0.718. The molecule has 0 aliphatic rings. The van der Waals surface area contributed by atoms with Crippen molar-refractivity contribution in [3.63, 3.8) is 0 Å². The number of rotatable bonds is 8. The average molecular weight is 441 g/mol. The summed E-state index contributed by atoms with van der Waals surface area (Å²) >= 11 is 5.26. The number of nitrogens with zero attached hydrogens (tertiary/aromatic N) is 2. The molecule has 30 heavy (non-hydrogen) atoms. The second kappa shape index (κ2) is 9.90. The molecular weight excluding hydrogens is 412 g/mol. The topological polar surface area (TPSA) is 117 Å². The van der Waals surface area contributed by atoms with E-state index >= 15 is 0 Å². The number of aromatic nitrogens is 3. The summed E-state index contributed by atoms with van der Waals surface area (Å²) in [7, 11) is 0. The third-order valence-electron chi connectivity index (χ3n) is 3.82. The molecule has 10 nitrogen and oxygen atoms in total. The number of alkyl carbamates (subject to hydrolysis) is 1. The Morgan fingerprint density at radius 3 is 2.63 bits per heavy atom. The molecule has 2 rings (SSSR count). The van der Waals surface area contributed by atoms with Crippen LogP contribution in [0.15, 0.2) is 17.1 Å². The van der Waals surface area contributed by atoms with Gasteiger partial charge in [-0.25, -0.2) is 4.79 Å². The van der Waals surface area contributed by atoms with Gasteiger partial charge in [0.2, 0.25) is 0 Å². The number of ether oxygens (including phenoxy) is 3. The van der Waals surface area contributed by atoms with Crippen LogP contribution in [-0.4, -0.2) is 51.0 Å². The van der Waals surface area contributed by atoms with Crippen LogP contribution in [-0.2, 0) is 32.3 Å². The predicted molar refractivity (Wildman–Crippen MR) is 113 cm³/mol. The van der Waals surface area contributed by atoms with Crippen LogP contribution < -0.4 is 10.9 Å². The molecule has 166 valence electrons. The van der Waals surface area contributed by atoms with E-state index in [1.54, 1.807) is 37.6 Å². The van der Waals surface area contributed by atoms with Crippen LogP contribution in [0.25, 0.3) is 11.0 Å². The lowest BCUT2D eigenvalue weighted by atomic mass is 10.2. The highest BCUT2D eigenvalue weighted by atomic mass is 32.1. The van der Waals surface area contributed by atoms with Crippen LogP contribution in [0.2, 0.25) is 0 Å². The fourth-order valence-electron chi connectivity index (χ4n) is 2.62. The Bertz CT molecular complexity index is 1010. The Balaban J connectivity index is 2.05. The van der Waals surface area contributed by atoms with Crippen molar-refractivity contribution < 1.29 is 23.8 Å². The van der Waals surface area contributed by atoms with Crippen LogP contribution in [0.3, 0.4) is 0 Å². The first-order chi connectivity index (χ1) is 14.0. The van der Waals surface area contributed by atoms with E-state index in [1.165, 1.54) is 4.57 Å². The summed E-state index contributed by atoms with van der Waals surface area (Å²) in [6.07, 6.45) is 0.990. The van der Waals surface area contributed by atoms with Crippen molar-refractivity contribution in [3.8, 4) is 0 Å². The zero-order valence-electron chi connectivity index (χ0n) is 17.8. The van der Waals surface area contributed by atoms with E-state index in [9.17, 15) is 14.4 Å². The number of H-pyrrole nitrogens is 1. The van der Waals surface area contributed by atoms with Gasteiger partial charge in [-0.05, 0) is 52.9 Å². The summed E-state index contributed by atoms with van der Waals surface area (Å²) in [6.45, 7) is 9.37. The molecule has 1 amide bonds. The van der Waals surface area contributed by atoms with Crippen LogP contribution in [0, 0.1) is 4.77 Å². The number of carbonyl (C=O) groups is 2. The first-order valence-electron chi connectivity index (χ1n) is 9.54. The van der Waals surface area contributed by atoms with Crippen LogP contribution >= 0.6 is 12.2 Å². The SMILES string of the molecule is CC(C)OCCn1c(=S)[nH]c(=O)c2c1ccn2COC(=O)CNC(=O)OC(C)(C)C. The fraction of sp³-hybridized carbons (Fsp3) is 0.579. The molecule has 0 aliphatic heterocycles. The van der Waals surface area contributed by atoms with Crippen LogP contribution in [0.4, 0.5) is 4.79 Å². The van der Waals surface area contributed by atoms with Gasteiger partial charge in [0.1, 0.15) is 17.7 Å². The smallest absolute Gasteiger partial charge is 0.408 e. The molecule has 0 spiro atoms. The van der Waals surface area contributed by atoms with E-state index in [2.05, 4.69) is 10.3 Å². The van der Waals surface area contributed by atoms with Crippen molar-refractivity contribution in [1.29, 1.82) is 0 Å². The van der Waals surface area contributed by atoms with Crippen molar-refractivity contribution in [2.24, 2.45) is 0 Å². The number of carbonyl (C=O) groups excluding carboxylic acids is 2. The highest BCUT2D eigenvalue weighted by Crippen LogP contribution is 2.13. The standard InChI is InChI=1S/C19H28N4O6S/c1-12(2)27-9-8-23-13-6-7-22(15(13)16(25)21-17(23)30)11-28-14(24)10-20-18(26)29-19(3,4)5/h6-7,12H,8-11H2,1-5H3,(H,20,26)(H,21,25,30). The van der Waals surface area contributed by atoms with Crippen molar-refractivity contribution in [3.05, 3.63) is 27.4 Å². The summed E-state index contributed by atoms with van der Waals surface area (Å²) in [4.78, 5) is 38.6. The molecule has 0 saturated heterocycles. The van der Waals surface area contributed by atoms with E-state index < -0.39 is 17.7 Å². The second-order valence-electron chi connectivity index (χ2n) is 7.85. The first kappa shape index (κ1) is 23.6. The van der Waals surface area contributed by atoms with Gasteiger partial charge in [-0.15, -0.1) is 0 Å². The highest BCUT2D eigenvalue weighted by Gasteiger charge is 2.17. The summed E-state index contributed by atoms with van der Waals surface area (Å²) < 4.78 is 19.3. The van der Waals surface area contributed by atoms with E-state index in [-0.39, 0.29) is 29.7 Å². The molecule has 0 unspecified atom stereocenters. The maximum absolute atomic E-state index is 12.4. The van der Waals surface area contributed by atoms with E-state index in [0.717, 1.165) is 0 Å². The van der Waals surface area contributed by atoms with E-state index in [4.69, 9.17) is 26.4 Å². The molecule has 0 fully saturated rings. The zero-order valence-corrected chi connectivity index (χ0v) is 18.6. The maximum Gasteiger partial charge on any atom is 0.408 e. The molecule has 0 aliphatic carbocycles. The number of fused-ring (bicyclic) bond motifs is 1. The number of esters is 1. The molecule has 11 heteroatoms. The maximum atomic E-state index is 12.4. The summed E-state index contributed by atoms with van der Waals surface area (Å²) in [5.41, 5.74) is -0.123. The number of hydrogen-bond acceptors (Lipinski definition) is 7. The Morgan fingerprint density at radius 2 is 2.00 bits per heavy atom. The molecular formula is C19H28N4O6S. The Kier molecular flexibility index (Phi) is 7.79. The zero-order chi connectivity index (χ0) is 22.5. The van der Waals surface area contributed by atoms with E-state index in [0.29, 0.717) is 24.2 Å². The molecule has 0 saturated carbocycles. The van der Waals surface area contributed by atoms with Gasteiger partial charge in [-0.1, -0.05) is 0 Å². The third-order valence-corrected chi connectivity index (χ3v) is 4.14. The Labute approximate surface area is 179 Å². The predicted octanol–water partition coefficient (Wildman–Crippen LogP) is 2.31. The van der Waals surface area contributed by atoms with Gasteiger partial charge >= 0.3 is 12.1 Å². The Hall–Kier alpha value is -2.66. The highest BCUT2D eigenvalue weighted by molar-refractivity contribution is 7.71. The van der Waals surface area contributed by atoms with Gasteiger partial charge in [0, 0.05) is 12.7 Å². The molecule has 0 atom stereocenters. The molecule has 2 heterocycles. The van der Waals surface area contributed by atoms with Gasteiger partial charge in [-0.3, -0.25) is 14.6 Å². The van der Waals surface area contributed by atoms with Gasteiger partial charge in [-0.2, -0.15) is 0 Å². The Morgan fingerprint density at radius 1 is 1.30 bits per heavy atom. The van der Waals surface area contributed by atoms with Gasteiger partial charge < -0.3 is 28.7 Å². The minimum Gasteiger partial charge on any atom is -0.444 e. The lowest BCUT2D eigenvalue weighted by Crippen LogP contribution is -2.36. The lowest BCUT2D eigenvalue weighted by molar-refractivity contribution is -0.146. The van der Waals surface area contributed by atoms with Crippen LogP contribution in [0.5, 0.6) is 0 Å². The first-order valence-corrected chi connectivity index (χ1v) is 9.95. The molecule has 0 radical (unpaired) electrons. The van der Waals surface area contributed by atoms with Crippen molar-refractivity contribution >= 4 is 35.3 Å². The average Bonchev–Trinajstić information content (AvgIpc) is 3.03. The van der Waals surface area contributed by atoms with Crippen molar-refractivity contribution in [1.82, 2.24) is 19.4 Å². The fourth-order valence-corrected chi connectivity index (χ4v) is 2.90. The number of aromatic amines is 1. The van der Waals surface area contributed by atoms with Gasteiger partial charge in [0.05, 0.1) is 18.2 Å². The van der Waals surface area contributed by atoms with Crippen molar-refractivity contribution in [2.75, 3.05) is 13.2 Å². The van der Waals surface area contributed by atoms with Gasteiger partial charge in [0.15, 0.2) is 11.5 Å². The second-order valence-corrected chi connectivity index (χ2v) is 8.24. The normalized spacial score (nSPS) is 11.7. The number of nitrogens with one attached hydrogen (secondary N) is 2. The lowest BCUT2D eigenvalue weighted by Gasteiger charge is -2.19. The molecule has 0 aromatic carbocycles. The quantitative estimate of drug-likeness (QED) is 0.478. The van der Waals surface area contributed by atoms with Crippen LogP contribution in [0.1, 0.15) is 34.6 Å². The molecule has 0 bridgehead atoms. The third kappa shape index (κ3) is 6.70. The number of hydrogen-bond donors (Lipinski definition) is 2. The largest absolute Gasteiger partial charge is 0.444 e. The molecule has 2 aromatic heterocycles. The van der Waals surface area contributed by atoms with Gasteiger partial charge in [0.25, 0.3) is 5.56 Å². The number of amides is 1. The summed E-state index contributed by atoms with van der Waals surface area (Å²) in [5, 5.41) is 2.32. The monoisotopic (exact) mass is 440 g/mol.